The fourth-order valence-electron chi connectivity index (χ4n) is 3.72. The van der Waals surface area contributed by atoms with Gasteiger partial charge >= 0.3 is 0 Å². The zero-order chi connectivity index (χ0) is 25.0. The molecule has 3 rings (SSSR count). The Hall–Kier alpha value is -2.76. The van der Waals surface area contributed by atoms with Gasteiger partial charge in [0, 0.05) is 29.8 Å². The summed E-state index contributed by atoms with van der Waals surface area (Å²) in [5.41, 5.74) is 3.01. The van der Waals surface area contributed by atoms with Gasteiger partial charge in [0.1, 0.15) is 6.04 Å². The molecule has 2 unspecified atom stereocenters. The Kier molecular flexibility index (Phi) is 10.7. The van der Waals surface area contributed by atoms with E-state index in [1.54, 1.807) is 4.90 Å². The minimum absolute atomic E-state index is 0.0315. The van der Waals surface area contributed by atoms with Crippen molar-refractivity contribution in [1.82, 2.24) is 10.2 Å². The van der Waals surface area contributed by atoms with Crippen molar-refractivity contribution in [3.05, 3.63) is 107 Å². The van der Waals surface area contributed by atoms with Crippen LogP contribution in [0.2, 0.25) is 5.02 Å². The Labute approximate surface area is 218 Å². The van der Waals surface area contributed by atoms with Gasteiger partial charge in [0.25, 0.3) is 0 Å². The van der Waals surface area contributed by atoms with E-state index < -0.39 is 6.04 Å². The van der Waals surface area contributed by atoms with Gasteiger partial charge in [0.2, 0.25) is 11.8 Å². The summed E-state index contributed by atoms with van der Waals surface area (Å²) in [5.74, 6) is 0.710. The first-order valence-electron chi connectivity index (χ1n) is 12.0. The molecule has 0 aliphatic carbocycles. The highest BCUT2D eigenvalue weighted by molar-refractivity contribution is 7.99. The normalized spacial score (nSPS) is 12.5. The molecule has 4 nitrogen and oxygen atoms in total. The van der Waals surface area contributed by atoms with Gasteiger partial charge in [-0.1, -0.05) is 97.4 Å². The molecule has 0 bridgehead atoms. The van der Waals surface area contributed by atoms with Crippen LogP contribution in [0.4, 0.5) is 0 Å². The molecule has 0 saturated heterocycles. The van der Waals surface area contributed by atoms with E-state index in [-0.39, 0.29) is 23.6 Å². The van der Waals surface area contributed by atoms with Crippen molar-refractivity contribution in [2.75, 3.05) is 5.75 Å². The predicted octanol–water partition coefficient (Wildman–Crippen LogP) is 6.13. The second-order valence-electron chi connectivity index (χ2n) is 8.61. The molecule has 0 aromatic heterocycles. The van der Waals surface area contributed by atoms with Crippen molar-refractivity contribution in [3.8, 4) is 0 Å². The topological polar surface area (TPSA) is 49.4 Å². The molecule has 2 atom stereocenters. The lowest BCUT2D eigenvalue weighted by Gasteiger charge is -2.32. The Morgan fingerprint density at radius 1 is 0.914 bits per heavy atom. The number of nitrogens with one attached hydrogen (secondary N) is 1. The van der Waals surface area contributed by atoms with E-state index in [1.807, 2.05) is 98.8 Å². The summed E-state index contributed by atoms with van der Waals surface area (Å²) < 4.78 is 0. The fraction of sp³-hybridized carbons (Fsp3) is 0.310. The second-order valence-corrected chi connectivity index (χ2v) is 10.0. The Balaban J connectivity index is 1.84. The molecule has 0 heterocycles. The maximum Gasteiger partial charge on any atom is 0.243 e. The van der Waals surface area contributed by atoms with Crippen molar-refractivity contribution < 1.29 is 9.59 Å². The van der Waals surface area contributed by atoms with Crippen molar-refractivity contribution in [1.29, 1.82) is 0 Å². The van der Waals surface area contributed by atoms with Gasteiger partial charge in [0.05, 0.1) is 5.75 Å². The minimum atomic E-state index is -0.611. The minimum Gasteiger partial charge on any atom is -0.352 e. The van der Waals surface area contributed by atoms with Crippen LogP contribution < -0.4 is 5.32 Å². The first kappa shape index (κ1) is 26.8. The molecule has 0 saturated carbocycles. The summed E-state index contributed by atoms with van der Waals surface area (Å²) in [6.45, 7) is 4.40. The molecule has 0 aliphatic heterocycles. The molecule has 2 amide bonds. The van der Waals surface area contributed by atoms with Crippen LogP contribution in [0.5, 0.6) is 0 Å². The lowest BCUT2D eigenvalue weighted by molar-refractivity contribution is -0.139. The smallest absolute Gasteiger partial charge is 0.243 e. The molecular formula is C29H33ClN2O2S. The quantitative estimate of drug-likeness (QED) is 0.320. The second kappa shape index (κ2) is 14.0. The first-order chi connectivity index (χ1) is 17.0. The zero-order valence-corrected chi connectivity index (χ0v) is 21.9. The van der Waals surface area contributed by atoms with Gasteiger partial charge in [-0.25, -0.2) is 0 Å². The van der Waals surface area contributed by atoms with Crippen LogP contribution in [-0.2, 0) is 28.3 Å². The third-order valence-electron chi connectivity index (χ3n) is 5.91. The summed E-state index contributed by atoms with van der Waals surface area (Å²) in [5, 5.41) is 3.80. The predicted molar refractivity (Wildman–Crippen MR) is 146 cm³/mol. The number of hydrogen-bond acceptors (Lipinski definition) is 3. The van der Waals surface area contributed by atoms with Crippen LogP contribution in [-0.4, -0.2) is 34.6 Å². The van der Waals surface area contributed by atoms with Gasteiger partial charge in [-0.2, -0.15) is 0 Å². The maximum atomic E-state index is 13.6. The lowest BCUT2D eigenvalue weighted by atomic mass is 10.0. The number of halogens is 1. The third-order valence-corrected chi connectivity index (χ3v) is 7.24. The third kappa shape index (κ3) is 8.44. The van der Waals surface area contributed by atoms with Crippen LogP contribution in [0, 0.1) is 0 Å². The number of carbonyl (C=O) groups is 2. The summed E-state index contributed by atoms with van der Waals surface area (Å²) in [4.78, 5) is 28.8. The van der Waals surface area contributed by atoms with Crippen molar-refractivity contribution in [2.45, 2.75) is 51.1 Å². The number of amides is 2. The van der Waals surface area contributed by atoms with E-state index >= 15 is 0 Å². The maximum absolute atomic E-state index is 13.6. The van der Waals surface area contributed by atoms with E-state index in [9.17, 15) is 9.59 Å². The molecular weight excluding hydrogens is 476 g/mol. The summed E-state index contributed by atoms with van der Waals surface area (Å²) >= 11 is 7.81. The number of rotatable bonds is 12. The monoisotopic (exact) mass is 508 g/mol. The highest BCUT2D eigenvalue weighted by Gasteiger charge is 2.30. The summed E-state index contributed by atoms with van der Waals surface area (Å²) in [6.07, 6.45) is 1.28. The Morgan fingerprint density at radius 3 is 2.14 bits per heavy atom. The fourth-order valence-corrected chi connectivity index (χ4v) is 4.92. The highest BCUT2D eigenvalue weighted by Crippen LogP contribution is 2.22. The number of hydrogen-bond donors (Lipinski definition) is 1. The van der Waals surface area contributed by atoms with E-state index in [1.165, 1.54) is 11.8 Å². The molecule has 3 aromatic carbocycles. The molecule has 6 heteroatoms. The summed E-state index contributed by atoms with van der Waals surface area (Å²) in [7, 11) is 0. The van der Waals surface area contributed by atoms with E-state index in [4.69, 9.17) is 11.6 Å². The highest BCUT2D eigenvalue weighted by atomic mass is 35.5. The summed E-state index contributed by atoms with van der Waals surface area (Å²) in [6, 6.07) is 26.8. The zero-order valence-electron chi connectivity index (χ0n) is 20.3. The van der Waals surface area contributed by atoms with Crippen molar-refractivity contribution in [3.63, 3.8) is 0 Å². The van der Waals surface area contributed by atoms with Crippen LogP contribution in [0.3, 0.4) is 0 Å². The molecule has 0 fully saturated rings. The first-order valence-corrected chi connectivity index (χ1v) is 13.5. The number of thioether (sulfide) groups is 1. The largest absolute Gasteiger partial charge is 0.352 e. The standard InChI is InChI=1S/C29H33ClN2O2S/c1-3-22(2)31-29(34)27(18-23-12-6-4-7-13-23)32(19-24-14-8-5-9-15-24)28(33)21-35-20-25-16-10-11-17-26(25)30/h4-17,22,27H,3,18-21H2,1-2H3,(H,31,34). The number of carbonyl (C=O) groups excluding carboxylic acids is 2. The molecule has 1 N–H and O–H groups in total. The Bertz CT molecular complexity index is 1080. The molecule has 0 aliphatic rings. The molecule has 0 radical (unpaired) electrons. The average Bonchev–Trinajstić information content (AvgIpc) is 2.88. The molecule has 184 valence electrons. The lowest BCUT2D eigenvalue weighted by Crippen LogP contribution is -2.52. The number of nitrogens with zero attached hydrogens (tertiary/aromatic N) is 1. The van der Waals surface area contributed by atoms with Gasteiger partial charge < -0.3 is 10.2 Å². The van der Waals surface area contributed by atoms with Crippen LogP contribution in [0.1, 0.15) is 37.0 Å². The van der Waals surface area contributed by atoms with Crippen molar-refractivity contribution in [2.24, 2.45) is 0 Å². The SMILES string of the molecule is CCC(C)NC(=O)C(Cc1ccccc1)N(Cc1ccccc1)C(=O)CSCc1ccccc1Cl. The molecule has 35 heavy (non-hydrogen) atoms. The van der Waals surface area contributed by atoms with Crippen LogP contribution >= 0.6 is 23.4 Å². The van der Waals surface area contributed by atoms with Gasteiger partial charge in [0.15, 0.2) is 0 Å². The van der Waals surface area contributed by atoms with E-state index in [0.717, 1.165) is 23.1 Å². The average molecular weight is 509 g/mol. The van der Waals surface area contributed by atoms with Crippen LogP contribution in [0.15, 0.2) is 84.9 Å². The molecule has 3 aromatic rings. The van der Waals surface area contributed by atoms with E-state index in [2.05, 4.69) is 5.32 Å². The van der Waals surface area contributed by atoms with Gasteiger partial charge in [-0.05, 0) is 36.1 Å². The van der Waals surface area contributed by atoms with Crippen molar-refractivity contribution >= 4 is 35.2 Å². The molecule has 0 spiro atoms. The Morgan fingerprint density at radius 2 is 1.51 bits per heavy atom. The van der Waals surface area contributed by atoms with E-state index in [0.29, 0.717) is 23.7 Å². The number of benzene rings is 3. The van der Waals surface area contributed by atoms with Gasteiger partial charge in [-0.3, -0.25) is 9.59 Å². The van der Waals surface area contributed by atoms with Gasteiger partial charge in [-0.15, -0.1) is 11.8 Å². The van der Waals surface area contributed by atoms with Crippen LogP contribution in [0.25, 0.3) is 0 Å².